The highest BCUT2D eigenvalue weighted by atomic mass is 33.1. The van der Waals surface area contributed by atoms with Crippen molar-refractivity contribution in [3.8, 4) is 0 Å². The fourth-order valence-electron chi connectivity index (χ4n) is 0.0638. The Morgan fingerprint density at radius 3 is 1.55 bits per heavy atom. The molecule has 4 nitrogen and oxygen atoms in total. The molecule has 0 aliphatic heterocycles. The van der Waals surface area contributed by atoms with E-state index in [0.717, 1.165) is 22.0 Å². The molecule has 0 aromatic carbocycles. The van der Waals surface area contributed by atoms with Gasteiger partial charge in [0.1, 0.15) is 0 Å². The Morgan fingerprint density at radius 2 is 1.36 bits per heavy atom. The van der Waals surface area contributed by atoms with Crippen LogP contribution in [0.4, 0.5) is 0 Å². The first-order chi connectivity index (χ1) is 5.33. The smallest absolute Gasteiger partial charge is 0.210 e. The molecular weight excluding hydrogens is 184 g/mol. The molecule has 0 aromatic heterocycles. The van der Waals surface area contributed by atoms with E-state index in [-0.39, 0.29) is 0 Å². The number of carbonyl (C=O) groups excluding carboxylic acids is 2. The maximum absolute atomic E-state index is 9.30. The molecule has 0 saturated carbocycles. The van der Waals surface area contributed by atoms with E-state index in [9.17, 15) is 9.59 Å². The normalized spacial score (nSPS) is 6.36. The standard InChI is InChI=1S/C3H8.C2N2O2S2/c1-3-2;5-1-3-7-8-4-2-6/h3H2,1-2H3;. The maximum Gasteiger partial charge on any atom is 0.248 e. The van der Waals surface area contributed by atoms with Crippen molar-refractivity contribution < 1.29 is 9.59 Å². The molecule has 0 amide bonds. The van der Waals surface area contributed by atoms with Crippen molar-refractivity contribution >= 4 is 34.1 Å². The van der Waals surface area contributed by atoms with Crippen LogP contribution in [0.1, 0.15) is 20.3 Å². The van der Waals surface area contributed by atoms with Gasteiger partial charge in [-0.05, 0) is 0 Å². The minimum atomic E-state index is 0.767. The summed E-state index contributed by atoms with van der Waals surface area (Å²) in [4.78, 5) is 18.6. The topological polar surface area (TPSA) is 58.9 Å². The summed E-state index contributed by atoms with van der Waals surface area (Å²) in [5, 5.41) is 0. The number of nitrogens with zero attached hydrogens (tertiary/aromatic N) is 2. The summed E-state index contributed by atoms with van der Waals surface area (Å²) >= 11 is 0. The maximum atomic E-state index is 9.30. The second-order valence-electron chi connectivity index (χ2n) is 1.22. The van der Waals surface area contributed by atoms with Gasteiger partial charge in [0.15, 0.2) is 0 Å². The van der Waals surface area contributed by atoms with E-state index in [4.69, 9.17) is 0 Å². The zero-order valence-corrected chi connectivity index (χ0v) is 7.87. The Bertz CT molecular complexity index is 144. The van der Waals surface area contributed by atoms with Gasteiger partial charge >= 0.3 is 0 Å². The van der Waals surface area contributed by atoms with Crippen molar-refractivity contribution in [3.05, 3.63) is 0 Å². The molecule has 6 heteroatoms. The van der Waals surface area contributed by atoms with Gasteiger partial charge in [-0.1, -0.05) is 20.3 Å². The molecule has 11 heavy (non-hydrogen) atoms. The van der Waals surface area contributed by atoms with Gasteiger partial charge in [0.2, 0.25) is 12.2 Å². The molecule has 0 atom stereocenters. The van der Waals surface area contributed by atoms with Gasteiger partial charge in [-0.15, -0.1) is 8.80 Å². The molecule has 0 aromatic rings. The number of hydrogen-bond acceptors (Lipinski definition) is 6. The Hall–Kier alpha value is -0.540. The van der Waals surface area contributed by atoms with E-state index in [1.165, 1.54) is 18.6 Å². The molecule has 0 aliphatic rings. The summed E-state index contributed by atoms with van der Waals surface area (Å²) in [7, 11) is 1.53. The van der Waals surface area contributed by atoms with Gasteiger partial charge in [-0.3, -0.25) is 0 Å². The second kappa shape index (κ2) is 16.2. The van der Waals surface area contributed by atoms with Crippen LogP contribution in [-0.4, -0.2) is 12.2 Å². The molecule has 0 bridgehead atoms. The molecular formula is C5H8N2O2S2. The molecule has 0 radical (unpaired) electrons. The summed E-state index contributed by atoms with van der Waals surface area (Å²) in [6.45, 7) is 4.25. The highest BCUT2D eigenvalue weighted by molar-refractivity contribution is 8.75. The van der Waals surface area contributed by atoms with Crippen LogP contribution in [-0.2, 0) is 9.59 Å². The lowest BCUT2D eigenvalue weighted by Gasteiger charge is -1.70. The summed E-state index contributed by atoms with van der Waals surface area (Å²) in [6, 6.07) is 0. The lowest BCUT2D eigenvalue weighted by molar-refractivity contribution is 0.565. The lowest BCUT2D eigenvalue weighted by atomic mass is 10.6. The highest BCUT2D eigenvalue weighted by Gasteiger charge is 1.76. The Balaban J connectivity index is 0. The van der Waals surface area contributed by atoms with Gasteiger partial charge in [0.05, 0.1) is 22.0 Å². The molecule has 0 unspecified atom stereocenters. The summed E-state index contributed by atoms with van der Waals surface area (Å²) in [6.07, 6.45) is 3.76. The molecule has 0 saturated heterocycles. The van der Waals surface area contributed by atoms with Crippen molar-refractivity contribution in [1.29, 1.82) is 0 Å². The Morgan fingerprint density at radius 1 is 1.09 bits per heavy atom. The number of isocyanates is 2. The van der Waals surface area contributed by atoms with Crippen LogP contribution in [0.3, 0.4) is 0 Å². The molecule has 0 fully saturated rings. The van der Waals surface area contributed by atoms with Gasteiger partial charge in [-0.2, -0.15) is 0 Å². The van der Waals surface area contributed by atoms with Crippen LogP contribution in [0.15, 0.2) is 8.80 Å². The number of rotatable bonds is 3. The number of hydrogen-bond donors (Lipinski definition) is 0. The van der Waals surface area contributed by atoms with Gasteiger partial charge < -0.3 is 0 Å². The van der Waals surface area contributed by atoms with Crippen LogP contribution in [0.25, 0.3) is 0 Å². The SMILES string of the molecule is CCC.O=C=NSSN=C=O. The van der Waals surface area contributed by atoms with Gasteiger partial charge in [0, 0.05) is 0 Å². The van der Waals surface area contributed by atoms with Crippen molar-refractivity contribution in [2.75, 3.05) is 0 Å². The Kier molecular flexibility index (Phi) is 19.3. The zero-order valence-electron chi connectivity index (χ0n) is 6.23. The Labute approximate surface area is 73.2 Å². The van der Waals surface area contributed by atoms with E-state index >= 15 is 0 Å². The van der Waals surface area contributed by atoms with Crippen molar-refractivity contribution in [3.63, 3.8) is 0 Å². The van der Waals surface area contributed by atoms with Crippen LogP contribution >= 0.6 is 22.0 Å². The average molecular weight is 192 g/mol. The van der Waals surface area contributed by atoms with Gasteiger partial charge in [0.25, 0.3) is 0 Å². The zero-order chi connectivity index (χ0) is 8.95. The van der Waals surface area contributed by atoms with E-state index in [1.807, 2.05) is 0 Å². The second-order valence-corrected chi connectivity index (χ2v) is 2.78. The van der Waals surface area contributed by atoms with E-state index in [2.05, 4.69) is 22.6 Å². The first-order valence-electron chi connectivity index (χ1n) is 2.80. The van der Waals surface area contributed by atoms with E-state index in [1.54, 1.807) is 0 Å². The first-order valence-corrected chi connectivity index (χ1v) is 4.87. The van der Waals surface area contributed by atoms with Crippen LogP contribution in [0.2, 0.25) is 0 Å². The monoisotopic (exact) mass is 192 g/mol. The average Bonchev–Trinajstić information content (AvgIpc) is 2.00. The summed E-state index contributed by atoms with van der Waals surface area (Å²) in [5.74, 6) is 0. The highest BCUT2D eigenvalue weighted by Crippen LogP contribution is 2.21. The molecule has 0 heterocycles. The minimum Gasteiger partial charge on any atom is -0.210 e. The first kappa shape index (κ1) is 13.1. The van der Waals surface area contributed by atoms with Crippen LogP contribution in [0.5, 0.6) is 0 Å². The molecule has 0 spiro atoms. The predicted octanol–water partition coefficient (Wildman–Crippen LogP) is 2.29. The van der Waals surface area contributed by atoms with Crippen molar-refractivity contribution in [2.45, 2.75) is 20.3 Å². The molecule has 0 N–H and O–H groups in total. The third-order valence-electron chi connectivity index (χ3n) is 0.182. The molecule has 0 aliphatic carbocycles. The van der Waals surface area contributed by atoms with Crippen LogP contribution < -0.4 is 0 Å². The minimum absolute atomic E-state index is 0.767. The quantitative estimate of drug-likeness (QED) is 0.226. The van der Waals surface area contributed by atoms with Crippen molar-refractivity contribution in [2.24, 2.45) is 8.80 Å². The summed E-state index contributed by atoms with van der Waals surface area (Å²) in [5.41, 5.74) is 0. The van der Waals surface area contributed by atoms with E-state index in [0.29, 0.717) is 0 Å². The third kappa shape index (κ3) is 26.5. The fourth-order valence-corrected chi connectivity index (χ4v) is 0.574. The fraction of sp³-hybridized carbons (Fsp3) is 0.600. The molecule has 62 valence electrons. The van der Waals surface area contributed by atoms with Crippen LogP contribution in [0, 0.1) is 0 Å². The van der Waals surface area contributed by atoms with Gasteiger partial charge in [-0.25, -0.2) is 9.59 Å². The largest absolute Gasteiger partial charge is 0.248 e. The van der Waals surface area contributed by atoms with E-state index < -0.39 is 0 Å². The lowest BCUT2D eigenvalue weighted by Crippen LogP contribution is -1.42. The van der Waals surface area contributed by atoms with Crippen molar-refractivity contribution in [1.82, 2.24) is 0 Å². The summed E-state index contributed by atoms with van der Waals surface area (Å²) < 4.78 is 6.02. The third-order valence-corrected chi connectivity index (χ3v) is 1.19. The molecule has 0 rings (SSSR count). The predicted molar refractivity (Wildman–Crippen MR) is 47.4 cm³/mol.